The van der Waals surface area contributed by atoms with Crippen LogP contribution in [0, 0.1) is 19.8 Å². The van der Waals surface area contributed by atoms with Gasteiger partial charge in [0.1, 0.15) is 36.8 Å². The highest BCUT2D eigenvalue weighted by Gasteiger charge is 2.37. The Bertz CT molecular complexity index is 1280. The number of carbonyl (C=O) groups excluding carboxylic acids is 4. The van der Waals surface area contributed by atoms with Crippen molar-refractivity contribution in [2.75, 3.05) is 26.3 Å². The number of benzene rings is 2. The summed E-state index contributed by atoms with van der Waals surface area (Å²) in [6.45, 7) is 8.87. The Balaban J connectivity index is 1.52. The van der Waals surface area contributed by atoms with Gasteiger partial charge in [0.25, 0.3) is 5.91 Å². The smallest absolute Gasteiger partial charge is 0.255 e. The number of ether oxygens (including phenoxy) is 2. The Kier molecular flexibility index (Phi) is 9.86. The molecule has 10 nitrogen and oxygen atoms in total. The first-order valence-electron chi connectivity index (χ1n) is 14.2. The number of fused-ring (bicyclic) bond motifs is 2. The Labute approximate surface area is 241 Å². The molecule has 0 spiro atoms. The van der Waals surface area contributed by atoms with Gasteiger partial charge >= 0.3 is 0 Å². The van der Waals surface area contributed by atoms with E-state index in [1.807, 2.05) is 45.9 Å². The third-order valence-corrected chi connectivity index (χ3v) is 7.70. The third kappa shape index (κ3) is 7.36. The number of amides is 4. The predicted octanol–water partition coefficient (Wildman–Crippen LogP) is 2.51. The fourth-order valence-corrected chi connectivity index (χ4v) is 5.16. The first kappa shape index (κ1) is 29.9. The van der Waals surface area contributed by atoms with Gasteiger partial charge in [-0.2, -0.15) is 0 Å². The van der Waals surface area contributed by atoms with Crippen molar-refractivity contribution in [3.05, 3.63) is 59.2 Å². The van der Waals surface area contributed by atoms with Gasteiger partial charge < -0.3 is 30.3 Å². The molecule has 0 aliphatic carbocycles. The van der Waals surface area contributed by atoms with Crippen LogP contribution >= 0.6 is 0 Å². The van der Waals surface area contributed by atoms with Gasteiger partial charge in [0.2, 0.25) is 17.7 Å². The number of para-hydroxylation sites is 1. The molecule has 0 aromatic heterocycles. The lowest BCUT2D eigenvalue weighted by molar-refractivity contribution is -0.139. The van der Waals surface area contributed by atoms with E-state index in [-0.39, 0.29) is 49.6 Å². The number of hydrogen-bond acceptors (Lipinski definition) is 6. The lowest BCUT2D eigenvalue weighted by Crippen LogP contribution is -2.55. The fraction of sp³-hybridized carbons (Fsp3) is 0.484. The van der Waals surface area contributed by atoms with Gasteiger partial charge in [-0.25, -0.2) is 0 Å². The molecular weight excluding hydrogens is 524 g/mol. The van der Waals surface area contributed by atoms with Crippen LogP contribution in [0.4, 0.5) is 0 Å². The zero-order chi connectivity index (χ0) is 29.5. The van der Waals surface area contributed by atoms with Gasteiger partial charge in [0.05, 0.1) is 24.6 Å². The average molecular weight is 565 g/mol. The summed E-state index contributed by atoms with van der Waals surface area (Å²) in [5, 5.41) is 8.30. The third-order valence-electron chi connectivity index (χ3n) is 7.70. The first-order chi connectivity index (χ1) is 19.7. The second-order valence-corrected chi connectivity index (χ2v) is 11.0. The first-order valence-corrected chi connectivity index (χ1v) is 14.2. The van der Waals surface area contributed by atoms with Gasteiger partial charge in [-0.3, -0.25) is 19.2 Å². The van der Waals surface area contributed by atoms with Gasteiger partial charge in [-0.05, 0) is 61.9 Å². The second-order valence-electron chi connectivity index (χ2n) is 11.0. The summed E-state index contributed by atoms with van der Waals surface area (Å²) in [6, 6.07) is 10.4. The topological polar surface area (TPSA) is 126 Å². The van der Waals surface area contributed by atoms with E-state index in [0.29, 0.717) is 12.3 Å². The number of nitrogens with zero attached hydrogens (tertiary/aromatic N) is 1. The Morgan fingerprint density at radius 3 is 2.66 bits per heavy atom. The molecule has 2 heterocycles. The van der Waals surface area contributed by atoms with Crippen LogP contribution in [-0.2, 0) is 14.4 Å². The molecule has 1 fully saturated rings. The molecule has 3 N–H and O–H groups in total. The number of nitrogens with one attached hydrogen (secondary N) is 3. The Morgan fingerprint density at radius 1 is 1.10 bits per heavy atom. The van der Waals surface area contributed by atoms with E-state index in [4.69, 9.17) is 9.47 Å². The van der Waals surface area contributed by atoms with Crippen LogP contribution in [0.1, 0.15) is 54.6 Å². The lowest BCUT2D eigenvalue weighted by atomic mass is 10.0. The van der Waals surface area contributed by atoms with Crippen LogP contribution in [0.25, 0.3) is 0 Å². The van der Waals surface area contributed by atoms with Crippen molar-refractivity contribution in [2.45, 2.75) is 65.1 Å². The molecule has 0 bridgehead atoms. The van der Waals surface area contributed by atoms with Gasteiger partial charge in [0.15, 0.2) is 0 Å². The van der Waals surface area contributed by atoms with Crippen molar-refractivity contribution < 1.29 is 28.7 Å². The molecule has 0 saturated carbocycles. The molecule has 1 saturated heterocycles. The molecule has 2 aliphatic heterocycles. The maximum atomic E-state index is 13.5. The van der Waals surface area contributed by atoms with Crippen molar-refractivity contribution in [3.8, 4) is 11.5 Å². The van der Waals surface area contributed by atoms with Crippen LogP contribution in [0.2, 0.25) is 0 Å². The van der Waals surface area contributed by atoms with E-state index < -0.39 is 29.8 Å². The molecule has 220 valence electrons. The van der Waals surface area contributed by atoms with Crippen LogP contribution in [0.5, 0.6) is 11.5 Å². The van der Waals surface area contributed by atoms with E-state index in [1.165, 1.54) is 0 Å². The van der Waals surface area contributed by atoms with Gasteiger partial charge in [0, 0.05) is 6.54 Å². The van der Waals surface area contributed by atoms with Crippen molar-refractivity contribution >= 4 is 23.6 Å². The molecule has 41 heavy (non-hydrogen) atoms. The molecule has 2 aromatic carbocycles. The quantitative estimate of drug-likeness (QED) is 0.463. The summed E-state index contributed by atoms with van der Waals surface area (Å²) in [5.41, 5.74) is 2.36. The van der Waals surface area contributed by atoms with Gasteiger partial charge in [-0.1, -0.05) is 38.1 Å². The second kappa shape index (κ2) is 13.5. The standard InChI is InChI=1S/C31H40N4O6/c1-19(2)28-31(39)35-15-8-10-22(35)18-41-26-12-6-5-11-23(26)29(37)33-24(17-27(36)34-28)30(38)32-14-16-40-25-13-7-9-20(3)21(25)4/h5-7,9,11-13,19,22,24,28H,8,10,14-18H2,1-4H3,(H,32,38)(H,33,37)(H,34,36)/t22-,24-,28+/m0/s1. The molecule has 4 amide bonds. The normalized spacial score (nSPS) is 21.6. The molecule has 3 atom stereocenters. The van der Waals surface area contributed by atoms with Crippen LogP contribution in [0.15, 0.2) is 42.5 Å². The summed E-state index contributed by atoms with van der Waals surface area (Å²) >= 11 is 0. The lowest BCUT2D eigenvalue weighted by Gasteiger charge is -2.32. The molecule has 2 aliphatic rings. The highest BCUT2D eigenvalue weighted by Crippen LogP contribution is 2.24. The van der Waals surface area contributed by atoms with Crippen LogP contribution < -0.4 is 25.4 Å². The highest BCUT2D eigenvalue weighted by atomic mass is 16.5. The van der Waals surface area contributed by atoms with E-state index in [2.05, 4.69) is 16.0 Å². The molecule has 0 unspecified atom stereocenters. The van der Waals surface area contributed by atoms with E-state index >= 15 is 0 Å². The highest BCUT2D eigenvalue weighted by molar-refractivity contribution is 6.01. The summed E-state index contributed by atoms with van der Waals surface area (Å²) in [7, 11) is 0. The number of carbonyl (C=O) groups is 4. The van der Waals surface area contributed by atoms with Crippen molar-refractivity contribution in [1.29, 1.82) is 0 Å². The van der Waals surface area contributed by atoms with E-state index in [1.54, 1.807) is 29.2 Å². The minimum Gasteiger partial charge on any atom is -0.491 e. The monoisotopic (exact) mass is 564 g/mol. The number of hydrogen-bond donors (Lipinski definition) is 3. The largest absolute Gasteiger partial charge is 0.491 e. The zero-order valence-corrected chi connectivity index (χ0v) is 24.2. The number of rotatable bonds is 6. The molecule has 0 radical (unpaired) electrons. The minimum absolute atomic E-state index is 0.163. The van der Waals surface area contributed by atoms with E-state index in [9.17, 15) is 19.2 Å². The maximum absolute atomic E-state index is 13.5. The Hall–Kier alpha value is -4.08. The van der Waals surface area contributed by atoms with Crippen molar-refractivity contribution in [2.24, 2.45) is 5.92 Å². The molecular formula is C31H40N4O6. The summed E-state index contributed by atoms with van der Waals surface area (Å²) < 4.78 is 11.9. The summed E-state index contributed by atoms with van der Waals surface area (Å²) in [6.07, 6.45) is 1.27. The summed E-state index contributed by atoms with van der Waals surface area (Å²) in [4.78, 5) is 55.1. The molecule has 10 heteroatoms. The van der Waals surface area contributed by atoms with Crippen molar-refractivity contribution in [3.63, 3.8) is 0 Å². The number of aryl methyl sites for hydroxylation is 1. The fourth-order valence-electron chi connectivity index (χ4n) is 5.16. The van der Waals surface area contributed by atoms with Crippen LogP contribution in [0.3, 0.4) is 0 Å². The van der Waals surface area contributed by atoms with Crippen LogP contribution in [-0.4, -0.2) is 73.0 Å². The van der Waals surface area contributed by atoms with Crippen molar-refractivity contribution in [1.82, 2.24) is 20.9 Å². The Morgan fingerprint density at radius 2 is 1.88 bits per heavy atom. The van der Waals surface area contributed by atoms with E-state index in [0.717, 1.165) is 29.7 Å². The van der Waals surface area contributed by atoms with Gasteiger partial charge in [-0.15, -0.1) is 0 Å². The zero-order valence-electron chi connectivity index (χ0n) is 24.2. The maximum Gasteiger partial charge on any atom is 0.255 e. The SMILES string of the molecule is Cc1cccc(OCCNC(=O)[C@@H]2CC(=O)N[C@H](C(C)C)C(=O)N3CCC[C@H]3COc3ccccc3C(=O)N2)c1C. The predicted molar refractivity (Wildman–Crippen MR) is 154 cm³/mol. The molecule has 2 aromatic rings. The minimum atomic E-state index is -1.18. The molecule has 4 rings (SSSR count). The summed E-state index contributed by atoms with van der Waals surface area (Å²) in [5.74, 6) is -0.822. The average Bonchev–Trinajstić information content (AvgIpc) is 3.42.